The molecule has 0 saturated heterocycles. The summed E-state index contributed by atoms with van der Waals surface area (Å²) >= 11 is 1.63. The first-order valence-corrected chi connectivity index (χ1v) is 6.89. The molecule has 17 heavy (non-hydrogen) atoms. The van der Waals surface area contributed by atoms with E-state index >= 15 is 0 Å². The molecule has 0 amide bonds. The van der Waals surface area contributed by atoms with E-state index in [2.05, 4.69) is 9.97 Å². The molecule has 1 rings (SSSR count). The zero-order valence-electron chi connectivity index (χ0n) is 10.5. The second-order valence-electron chi connectivity index (χ2n) is 4.37. The van der Waals surface area contributed by atoms with Gasteiger partial charge in [-0.1, -0.05) is 18.7 Å². The smallest absolute Gasteiger partial charge is 0.187 e. The molecule has 0 saturated carbocycles. The van der Waals surface area contributed by atoms with Crippen LogP contribution in [0.4, 0.5) is 0 Å². The summed E-state index contributed by atoms with van der Waals surface area (Å²) < 4.78 is 0. The van der Waals surface area contributed by atoms with Crippen LogP contribution in [-0.4, -0.2) is 33.0 Å². The Morgan fingerprint density at radius 3 is 2.59 bits per heavy atom. The van der Waals surface area contributed by atoms with Gasteiger partial charge in [-0.15, -0.1) is 0 Å². The van der Waals surface area contributed by atoms with Crippen LogP contribution in [0.1, 0.15) is 31.7 Å². The van der Waals surface area contributed by atoms with Crippen LogP contribution < -0.4 is 5.73 Å². The summed E-state index contributed by atoms with van der Waals surface area (Å²) in [6.07, 6.45) is 6.24. The maximum atomic E-state index is 9.18. The molecule has 1 aromatic rings. The lowest BCUT2D eigenvalue weighted by Crippen LogP contribution is -2.42. The lowest BCUT2D eigenvalue weighted by atomic mass is 9.93. The second-order valence-corrected chi connectivity index (χ2v) is 5.43. The van der Waals surface area contributed by atoms with Crippen molar-refractivity contribution in [3.63, 3.8) is 0 Å². The van der Waals surface area contributed by atoms with Gasteiger partial charge in [0.25, 0.3) is 0 Å². The van der Waals surface area contributed by atoms with E-state index in [0.29, 0.717) is 0 Å². The Bertz CT molecular complexity index is 325. The third-order valence-corrected chi connectivity index (χ3v) is 3.79. The maximum absolute atomic E-state index is 9.18. The quantitative estimate of drug-likeness (QED) is 0.441. The first kappa shape index (κ1) is 14.4. The van der Waals surface area contributed by atoms with Crippen molar-refractivity contribution in [3.05, 3.63) is 18.0 Å². The molecule has 1 aromatic heterocycles. The molecule has 1 unspecified atom stereocenters. The molecule has 0 spiro atoms. The van der Waals surface area contributed by atoms with Crippen LogP contribution in [0.2, 0.25) is 0 Å². The summed E-state index contributed by atoms with van der Waals surface area (Å²) in [5.41, 5.74) is 6.65. The molecule has 5 heteroatoms. The molecule has 1 atom stereocenters. The molecular weight excluding hydrogens is 234 g/mol. The zero-order chi connectivity index (χ0) is 12.7. The maximum Gasteiger partial charge on any atom is 0.187 e. The van der Waals surface area contributed by atoms with E-state index < -0.39 is 5.54 Å². The molecule has 4 nitrogen and oxygen atoms in total. The number of hydrogen-bond acceptors (Lipinski definition) is 5. The van der Waals surface area contributed by atoms with Gasteiger partial charge >= 0.3 is 0 Å². The number of hydrogen-bond donors (Lipinski definition) is 2. The average Bonchev–Trinajstić information content (AvgIpc) is 2.36. The predicted molar refractivity (Wildman–Crippen MR) is 71.0 cm³/mol. The van der Waals surface area contributed by atoms with Gasteiger partial charge in [0, 0.05) is 23.7 Å². The van der Waals surface area contributed by atoms with Gasteiger partial charge in [0.1, 0.15) is 0 Å². The van der Waals surface area contributed by atoms with E-state index in [4.69, 9.17) is 5.73 Å². The Kier molecular flexibility index (Phi) is 5.88. The summed E-state index contributed by atoms with van der Waals surface area (Å²) in [7, 11) is 0. The molecular formula is C12H21N3OS. The Morgan fingerprint density at radius 1 is 1.41 bits per heavy atom. The van der Waals surface area contributed by atoms with Crippen molar-refractivity contribution in [1.29, 1.82) is 0 Å². The van der Waals surface area contributed by atoms with Crippen molar-refractivity contribution >= 4 is 11.8 Å². The minimum Gasteiger partial charge on any atom is -0.394 e. The Morgan fingerprint density at radius 2 is 2.06 bits per heavy atom. The third kappa shape index (κ3) is 5.02. The van der Waals surface area contributed by atoms with Crippen LogP contribution in [0.25, 0.3) is 0 Å². The van der Waals surface area contributed by atoms with E-state index in [1.54, 1.807) is 11.8 Å². The first-order valence-electron chi connectivity index (χ1n) is 5.91. The largest absolute Gasteiger partial charge is 0.394 e. The topological polar surface area (TPSA) is 72.0 Å². The van der Waals surface area contributed by atoms with E-state index in [1.807, 2.05) is 26.2 Å². The van der Waals surface area contributed by atoms with Crippen molar-refractivity contribution in [2.75, 3.05) is 12.4 Å². The summed E-state index contributed by atoms with van der Waals surface area (Å²) in [4.78, 5) is 8.45. The van der Waals surface area contributed by atoms with Gasteiger partial charge in [-0.2, -0.15) is 0 Å². The van der Waals surface area contributed by atoms with Crippen LogP contribution in [0.15, 0.2) is 17.6 Å². The van der Waals surface area contributed by atoms with Gasteiger partial charge in [0.05, 0.1) is 6.61 Å². The highest BCUT2D eigenvalue weighted by Crippen LogP contribution is 2.18. The molecule has 0 radical (unpaired) electrons. The SMILES string of the molecule is CCC(N)(CO)CCCSc1ncc(C)cn1. The molecule has 0 aliphatic carbocycles. The van der Waals surface area contributed by atoms with Crippen molar-refractivity contribution in [2.24, 2.45) is 5.73 Å². The molecule has 0 aliphatic rings. The van der Waals surface area contributed by atoms with E-state index in [-0.39, 0.29) is 6.61 Å². The highest BCUT2D eigenvalue weighted by atomic mass is 32.2. The molecule has 0 aliphatic heterocycles. The van der Waals surface area contributed by atoms with Crippen molar-refractivity contribution < 1.29 is 5.11 Å². The van der Waals surface area contributed by atoms with Gasteiger partial charge in [-0.25, -0.2) is 9.97 Å². The van der Waals surface area contributed by atoms with Crippen LogP contribution in [0, 0.1) is 6.92 Å². The molecule has 0 fully saturated rings. The average molecular weight is 255 g/mol. The van der Waals surface area contributed by atoms with Crippen molar-refractivity contribution in [1.82, 2.24) is 9.97 Å². The number of nitrogens with zero attached hydrogens (tertiary/aromatic N) is 2. The third-order valence-electron chi connectivity index (χ3n) is 2.83. The monoisotopic (exact) mass is 255 g/mol. The fourth-order valence-corrected chi connectivity index (χ4v) is 2.14. The van der Waals surface area contributed by atoms with Crippen LogP contribution in [0.3, 0.4) is 0 Å². The van der Waals surface area contributed by atoms with Crippen LogP contribution in [0.5, 0.6) is 0 Å². The van der Waals surface area contributed by atoms with E-state index in [9.17, 15) is 5.11 Å². The van der Waals surface area contributed by atoms with Gasteiger partial charge < -0.3 is 10.8 Å². The Hall–Kier alpha value is -0.650. The number of aliphatic hydroxyl groups excluding tert-OH is 1. The lowest BCUT2D eigenvalue weighted by molar-refractivity contribution is 0.182. The number of thioether (sulfide) groups is 1. The molecule has 0 bridgehead atoms. The molecule has 1 heterocycles. The van der Waals surface area contributed by atoms with Crippen molar-refractivity contribution in [3.8, 4) is 0 Å². The summed E-state index contributed by atoms with van der Waals surface area (Å²) in [5, 5.41) is 9.98. The van der Waals surface area contributed by atoms with Crippen LogP contribution >= 0.6 is 11.8 Å². The summed E-state index contributed by atoms with van der Waals surface area (Å²) in [6.45, 7) is 4.03. The number of aliphatic hydroxyl groups is 1. The second kappa shape index (κ2) is 6.93. The minimum atomic E-state index is -0.422. The molecule has 96 valence electrons. The molecule has 0 aromatic carbocycles. The standard InChI is InChI=1S/C12H21N3OS/c1-3-12(13,9-16)5-4-6-17-11-14-7-10(2)8-15-11/h7-8,16H,3-6,9,13H2,1-2H3. The number of nitrogens with two attached hydrogens (primary N) is 1. The predicted octanol–water partition coefficient (Wildman–Crippen LogP) is 1.76. The Labute approximate surface area is 107 Å². The normalized spacial score (nSPS) is 14.6. The lowest BCUT2D eigenvalue weighted by Gasteiger charge is -2.25. The van der Waals surface area contributed by atoms with E-state index in [1.165, 1.54) is 0 Å². The zero-order valence-corrected chi connectivity index (χ0v) is 11.3. The van der Waals surface area contributed by atoms with E-state index in [0.717, 1.165) is 35.7 Å². The first-order chi connectivity index (χ1) is 8.09. The van der Waals surface area contributed by atoms with Gasteiger partial charge in [-0.05, 0) is 31.7 Å². The highest BCUT2D eigenvalue weighted by molar-refractivity contribution is 7.99. The molecule has 3 N–H and O–H groups in total. The van der Waals surface area contributed by atoms with Crippen LogP contribution in [-0.2, 0) is 0 Å². The summed E-state index contributed by atoms with van der Waals surface area (Å²) in [5.74, 6) is 0.933. The van der Waals surface area contributed by atoms with Gasteiger partial charge in [-0.3, -0.25) is 0 Å². The Balaban J connectivity index is 2.26. The van der Waals surface area contributed by atoms with Gasteiger partial charge in [0.15, 0.2) is 5.16 Å². The highest BCUT2D eigenvalue weighted by Gasteiger charge is 2.20. The number of aromatic nitrogens is 2. The van der Waals surface area contributed by atoms with Gasteiger partial charge in [0.2, 0.25) is 0 Å². The fraction of sp³-hybridized carbons (Fsp3) is 0.667. The summed E-state index contributed by atoms with van der Waals surface area (Å²) in [6, 6.07) is 0. The van der Waals surface area contributed by atoms with Crippen molar-refractivity contribution in [2.45, 2.75) is 43.8 Å². The number of aryl methyl sites for hydroxylation is 1. The minimum absolute atomic E-state index is 0.0508. The fourth-order valence-electron chi connectivity index (χ4n) is 1.41. The number of rotatable bonds is 7.